The zero-order chi connectivity index (χ0) is 13.2. The number of sulfone groups is 1. The van der Waals surface area contributed by atoms with Crippen molar-refractivity contribution < 1.29 is 8.42 Å². The smallest absolute Gasteiger partial charge is 0.153 e. The van der Waals surface area contributed by atoms with Gasteiger partial charge < -0.3 is 10.6 Å². The summed E-state index contributed by atoms with van der Waals surface area (Å²) in [7, 11) is -2.83. The van der Waals surface area contributed by atoms with E-state index >= 15 is 0 Å². The molecule has 1 aliphatic heterocycles. The molecule has 1 aliphatic rings. The normalized spacial score (nSPS) is 20.7. The molecule has 0 bridgehead atoms. The van der Waals surface area contributed by atoms with Gasteiger partial charge in [0.25, 0.3) is 0 Å². The van der Waals surface area contributed by atoms with Crippen molar-refractivity contribution in [3.05, 3.63) is 24.0 Å². The van der Waals surface area contributed by atoms with E-state index in [1.807, 2.05) is 19.1 Å². The summed E-state index contributed by atoms with van der Waals surface area (Å²) < 4.78 is 22.7. The average molecular weight is 269 g/mol. The summed E-state index contributed by atoms with van der Waals surface area (Å²) >= 11 is 0. The number of rotatable bonds is 3. The van der Waals surface area contributed by atoms with Gasteiger partial charge in [-0.2, -0.15) is 0 Å². The predicted octanol–water partition coefficient (Wildman–Crippen LogP) is 0.726. The maximum Gasteiger partial charge on any atom is 0.153 e. The van der Waals surface area contributed by atoms with E-state index in [1.165, 1.54) is 0 Å². The van der Waals surface area contributed by atoms with E-state index in [4.69, 9.17) is 5.73 Å². The highest BCUT2D eigenvalue weighted by molar-refractivity contribution is 7.91. The van der Waals surface area contributed by atoms with Crippen molar-refractivity contribution in [2.24, 2.45) is 5.73 Å². The Morgan fingerprint density at radius 1 is 1.39 bits per heavy atom. The van der Waals surface area contributed by atoms with Gasteiger partial charge in [-0.25, -0.2) is 8.42 Å². The molecule has 0 spiro atoms. The van der Waals surface area contributed by atoms with Gasteiger partial charge in [0.2, 0.25) is 0 Å². The molecule has 0 amide bonds. The van der Waals surface area contributed by atoms with E-state index in [1.54, 1.807) is 6.20 Å². The molecule has 6 heteroatoms. The molecular formula is C12H19N3O2S. The summed E-state index contributed by atoms with van der Waals surface area (Å²) in [4.78, 5) is 6.40. The number of pyridine rings is 1. The summed E-state index contributed by atoms with van der Waals surface area (Å²) in [6.07, 6.45) is 2.64. The summed E-state index contributed by atoms with van der Waals surface area (Å²) in [6, 6.07) is 3.86. The lowest BCUT2D eigenvalue weighted by atomic mass is 10.1. The molecule has 100 valence electrons. The Morgan fingerprint density at radius 2 is 2.06 bits per heavy atom. The molecule has 18 heavy (non-hydrogen) atoms. The van der Waals surface area contributed by atoms with E-state index in [2.05, 4.69) is 9.88 Å². The topological polar surface area (TPSA) is 76.3 Å². The standard InChI is InChI=1S/C12H19N3O2S/c1-2-11(13)12-4-3-10(9-14-12)15-5-7-18(16,17)8-6-15/h3-4,9,11H,2,5-8,13H2,1H3. The van der Waals surface area contributed by atoms with Crippen molar-refractivity contribution in [3.63, 3.8) is 0 Å². The summed E-state index contributed by atoms with van der Waals surface area (Å²) in [6.45, 7) is 3.11. The first-order valence-electron chi connectivity index (χ1n) is 6.19. The summed E-state index contributed by atoms with van der Waals surface area (Å²) in [5.41, 5.74) is 7.75. The van der Waals surface area contributed by atoms with Crippen molar-refractivity contribution in [3.8, 4) is 0 Å². The molecule has 2 rings (SSSR count). The third-order valence-electron chi connectivity index (χ3n) is 3.30. The summed E-state index contributed by atoms with van der Waals surface area (Å²) in [5.74, 6) is 0.451. The van der Waals surface area contributed by atoms with Gasteiger partial charge in [0, 0.05) is 19.1 Å². The third-order valence-corrected chi connectivity index (χ3v) is 4.91. The van der Waals surface area contributed by atoms with Crippen molar-refractivity contribution in [1.29, 1.82) is 0 Å². The average Bonchev–Trinajstić information content (AvgIpc) is 2.38. The van der Waals surface area contributed by atoms with E-state index in [9.17, 15) is 8.42 Å². The molecule has 0 saturated carbocycles. The molecule has 0 aliphatic carbocycles. The molecule has 1 atom stereocenters. The Kier molecular flexibility index (Phi) is 3.87. The fourth-order valence-electron chi connectivity index (χ4n) is 1.98. The Hall–Kier alpha value is -1.14. The first-order valence-corrected chi connectivity index (χ1v) is 8.01. The predicted molar refractivity (Wildman–Crippen MR) is 72.3 cm³/mol. The van der Waals surface area contributed by atoms with Crippen LogP contribution in [0.2, 0.25) is 0 Å². The Morgan fingerprint density at radius 3 is 2.56 bits per heavy atom. The third kappa shape index (κ3) is 3.00. The monoisotopic (exact) mass is 269 g/mol. The molecule has 1 saturated heterocycles. The second-order valence-corrected chi connectivity index (χ2v) is 6.90. The largest absolute Gasteiger partial charge is 0.368 e. The minimum absolute atomic E-state index is 0.0271. The van der Waals surface area contributed by atoms with Gasteiger partial charge >= 0.3 is 0 Å². The minimum Gasteiger partial charge on any atom is -0.368 e. The zero-order valence-corrected chi connectivity index (χ0v) is 11.4. The number of hydrogen-bond donors (Lipinski definition) is 1. The molecule has 1 aromatic rings. The Balaban J connectivity index is 2.07. The Labute approximate surface area is 108 Å². The van der Waals surface area contributed by atoms with Crippen LogP contribution >= 0.6 is 0 Å². The van der Waals surface area contributed by atoms with Crippen molar-refractivity contribution in [2.45, 2.75) is 19.4 Å². The van der Waals surface area contributed by atoms with Crippen LogP contribution in [-0.4, -0.2) is 38.0 Å². The zero-order valence-electron chi connectivity index (χ0n) is 10.5. The second kappa shape index (κ2) is 5.24. The molecule has 5 nitrogen and oxygen atoms in total. The van der Waals surface area contributed by atoms with Crippen LogP contribution in [0.5, 0.6) is 0 Å². The van der Waals surface area contributed by atoms with Gasteiger partial charge in [0.1, 0.15) is 0 Å². The second-order valence-electron chi connectivity index (χ2n) is 4.59. The van der Waals surface area contributed by atoms with Crippen LogP contribution in [0, 0.1) is 0 Å². The van der Waals surface area contributed by atoms with E-state index in [-0.39, 0.29) is 17.5 Å². The lowest BCUT2D eigenvalue weighted by molar-refractivity contribution is 0.586. The maximum absolute atomic E-state index is 11.4. The van der Waals surface area contributed by atoms with E-state index < -0.39 is 9.84 Å². The molecular weight excluding hydrogens is 250 g/mol. The van der Waals surface area contributed by atoms with Gasteiger partial charge in [-0.15, -0.1) is 0 Å². The fraction of sp³-hybridized carbons (Fsp3) is 0.583. The number of aromatic nitrogens is 1. The number of anilines is 1. The van der Waals surface area contributed by atoms with Gasteiger partial charge in [-0.1, -0.05) is 6.92 Å². The van der Waals surface area contributed by atoms with Gasteiger partial charge in [0.15, 0.2) is 9.84 Å². The first-order chi connectivity index (χ1) is 8.52. The van der Waals surface area contributed by atoms with Gasteiger partial charge in [0.05, 0.1) is 29.1 Å². The molecule has 1 fully saturated rings. The first kappa shape index (κ1) is 13.3. The molecule has 2 N–H and O–H groups in total. The highest BCUT2D eigenvalue weighted by Crippen LogP contribution is 2.18. The van der Waals surface area contributed by atoms with Crippen LogP contribution in [0.3, 0.4) is 0 Å². The molecule has 0 radical (unpaired) electrons. The Bertz CT molecular complexity index is 485. The van der Waals surface area contributed by atoms with E-state index in [0.717, 1.165) is 17.8 Å². The number of nitrogens with two attached hydrogens (primary N) is 1. The lowest BCUT2D eigenvalue weighted by Gasteiger charge is -2.28. The molecule has 1 unspecified atom stereocenters. The summed E-state index contributed by atoms with van der Waals surface area (Å²) in [5, 5.41) is 0. The van der Waals surface area contributed by atoms with Crippen LogP contribution in [-0.2, 0) is 9.84 Å². The molecule has 2 heterocycles. The number of hydrogen-bond acceptors (Lipinski definition) is 5. The van der Waals surface area contributed by atoms with E-state index in [0.29, 0.717) is 13.1 Å². The highest BCUT2D eigenvalue weighted by atomic mass is 32.2. The van der Waals surface area contributed by atoms with Crippen LogP contribution in [0.25, 0.3) is 0 Å². The SMILES string of the molecule is CCC(N)c1ccc(N2CCS(=O)(=O)CC2)cn1. The molecule has 1 aromatic heterocycles. The van der Waals surface area contributed by atoms with Crippen molar-refractivity contribution in [1.82, 2.24) is 4.98 Å². The van der Waals surface area contributed by atoms with Crippen LogP contribution in [0.1, 0.15) is 25.1 Å². The molecule has 0 aromatic carbocycles. The lowest BCUT2D eigenvalue weighted by Crippen LogP contribution is -2.40. The van der Waals surface area contributed by atoms with Gasteiger partial charge in [-0.05, 0) is 18.6 Å². The van der Waals surface area contributed by atoms with Crippen molar-refractivity contribution >= 4 is 15.5 Å². The van der Waals surface area contributed by atoms with Crippen LogP contribution in [0.15, 0.2) is 18.3 Å². The van der Waals surface area contributed by atoms with Crippen LogP contribution in [0.4, 0.5) is 5.69 Å². The number of nitrogens with zero attached hydrogens (tertiary/aromatic N) is 2. The van der Waals surface area contributed by atoms with Crippen molar-refractivity contribution in [2.75, 3.05) is 29.5 Å². The fourth-order valence-corrected chi connectivity index (χ4v) is 3.18. The highest BCUT2D eigenvalue weighted by Gasteiger charge is 2.21. The quantitative estimate of drug-likeness (QED) is 0.875. The maximum atomic E-state index is 11.4. The van der Waals surface area contributed by atoms with Crippen LogP contribution < -0.4 is 10.6 Å². The van der Waals surface area contributed by atoms with Gasteiger partial charge in [-0.3, -0.25) is 4.98 Å². The minimum atomic E-state index is -2.83.